The molecule has 3 rings (SSSR count). The smallest absolute Gasteiger partial charge is 0.356 e. The van der Waals surface area contributed by atoms with Gasteiger partial charge in [0, 0.05) is 32.6 Å². The minimum absolute atomic E-state index is 0.121. The van der Waals surface area contributed by atoms with Gasteiger partial charge in [0.1, 0.15) is 5.69 Å². The molecule has 1 aromatic rings. The molecular weight excluding hydrogens is 336 g/mol. The van der Waals surface area contributed by atoms with Gasteiger partial charge in [0.2, 0.25) is 5.91 Å². The summed E-state index contributed by atoms with van der Waals surface area (Å²) >= 11 is 0. The number of carboxylic acid groups (broad SMARTS) is 1. The molecule has 0 bridgehead atoms. The van der Waals surface area contributed by atoms with Crippen molar-refractivity contribution < 1.29 is 19.5 Å². The molecule has 0 atom stereocenters. The Bertz CT molecular complexity index is 662. The number of aromatic carboxylic acids is 1. The Kier molecular flexibility index (Phi) is 5.80. The number of carbonyl (C=O) groups is 3. The van der Waals surface area contributed by atoms with Crippen molar-refractivity contribution in [1.82, 2.24) is 19.8 Å². The van der Waals surface area contributed by atoms with Gasteiger partial charge in [-0.1, -0.05) is 25.7 Å². The van der Waals surface area contributed by atoms with E-state index in [2.05, 4.69) is 9.97 Å². The van der Waals surface area contributed by atoms with E-state index in [0.717, 1.165) is 12.6 Å². The molecule has 1 saturated heterocycles. The number of carboxylic acids is 1. The average molecular weight is 360 g/mol. The van der Waals surface area contributed by atoms with Gasteiger partial charge in [0.05, 0.1) is 12.4 Å². The third kappa shape index (κ3) is 4.36. The number of nitrogens with zero attached hydrogens (tertiary/aromatic N) is 4. The molecule has 2 fully saturated rings. The van der Waals surface area contributed by atoms with Crippen LogP contribution in [0.25, 0.3) is 0 Å². The number of rotatable bonds is 5. The van der Waals surface area contributed by atoms with Gasteiger partial charge in [-0.3, -0.25) is 9.59 Å². The summed E-state index contributed by atoms with van der Waals surface area (Å²) in [5, 5.41) is 8.82. The van der Waals surface area contributed by atoms with Gasteiger partial charge in [-0.15, -0.1) is 0 Å². The first-order valence-corrected chi connectivity index (χ1v) is 9.17. The Morgan fingerprint density at radius 1 is 0.962 bits per heavy atom. The molecule has 1 aromatic heterocycles. The zero-order valence-corrected chi connectivity index (χ0v) is 14.8. The van der Waals surface area contributed by atoms with E-state index in [9.17, 15) is 14.4 Å². The SMILES string of the molecule is O=C(O)c1cnc(C(=O)N2CCN(C(=O)CCC3CCCC3)CC2)cn1. The van der Waals surface area contributed by atoms with E-state index in [1.54, 1.807) is 4.90 Å². The number of amides is 2. The molecule has 1 aliphatic heterocycles. The van der Waals surface area contributed by atoms with Gasteiger partial charge < -0.3 is 14.9 Å². The summed E-state index contributed by atoms with van der Waals surface area (Å²) in [6, 6.07) is 0. The van der Waals surface area contributed by atoms with Crippen LogP contribution in [0.1, 0.15) is 59.5 Å². The highest BCUT2D eigenvalue weighted by atomic mass is 16.4. The standard InChI is InChI=1S/C18H24N4O4/c23-16(6-5-13-3-1-2-4-13)21-7-9-22(10-8-21)17(24)14-11-20-15(12-19-14)18(25)26/h11-13H,1-10H2,(H,25,26). The topological polar surface area (TPSA) is 104 Å². The molecule has 0 radical (unpaired) electrons. The Hall–Kier alpha value is -2.51. The van der Waals surface area contributed by atoms with Crippen LogP contribution in [0.5, 0.6) is 0 Å². The third-order valence-electron chi connectivity index (χ3n) is 5.25. The number of aromatic nitrogens is 2. The zero-order valence-electron chi connectivity index (χ0n) is 14.8. The second-order valence-electron chi connectivity index (χ2n) is 6.95. The van der Waals surface area contributed by atoms with Crippen LogP contribution in [-0.2, 0) is 4.79 Å². The highest BCUT2D eigenvalue weighted by molar-refractivity contribution is 5.93. The fourth-order valence-electron chi connectivity index (χ4n) is 3.65. The third-order valence-corrected chi connectivity index (χ3v) is 5.25. The largest absolute Gasteiger partial charge is 0.476 e. The molecule has 2 aliphatic rings. The summed E-state index contributed by atoms with van der Waals surface area (Å²) in [7, 11) is 0. The highest BCUT2D eigenvalue weighted by Gasteiger charge is 2.26. The van der Waals surface area contributed by atoms with Crippen molar-refractivity contribution in [1.29, 1.82) is 0 Å². The number of carbonyl (C=O) groups excluding carboxylic acids is 2. The molecule has 1 N–H and O–H groups in total. The molecule has 1 saturated carbocycles. The van der Waals surface area contributed by atoms with Crippen LogP contribution in [-0.4, -0.2) is 68.8 Å². The molecule has 8 nitrogen and oxygen atoms in total. The van der Waals surface area contributed by atoms with E-state index in [-0.39, 0.29) is 23.2 Å². The first kappa shape index (κ1) is 18.3. The maximum Gasteiger partial charge on any atom is 0.356 e. The van der Waals surface area contributed by atoms with Crippen LogP contribution in [0.4, 0.5) is 0 Å². The van der Waals surface area contributed by atoms with Gasteiger partial charge in [-0.2, -0.15) is 0 Å². The van der Waals surface area contributed by atoms with E-state index in [1.807, 2.05) is 4.90 Å². The van der Waals surface area contributed by atoms with Gasteiger partial charge in [0.25, 0.3) is 5.91 Å². The second-order valence-corrected chi connectivity index (χ2v) is 6.95. The molecule has 26 heavy (non-hydrogen) atoms. The normalized spacial score (nSPS) is 18.2. The van der Waals surface area contributed by atoms with Crippen molar-refractivity contribution in [3.05, 3.63) is 23.8 Å². The van der Waals surface area contributed by atoms with E-state index >= 15 is 0 Å². The molecule has 140 valence electrons. The molecule has 0 unspecified atom stereocenters. The van der Waals surface area contributed by atoms with Crippen LogP contribution in [0.3, 0.4) is 0 Å². The minimum atomic E-state index is -1.18. The van der Waals surface area contributed by atoms with Gasteiger partial charge in [-0.25, -0.2) is 14.8 Å². The Labute approximate surface area is 152 Å². The first-order valence-electron chi connectivity index (χ1n) is 9.17. The first-order chi connectivity index (χ1) is 12.5. The monoisotopic (exact) mass is 360 g/mol. The predicted molar refractivity (Wildman–Crippen MR) is 92.7 cm³/mol. The van der Waals surface area contributed by atoms with E-state index in [0.29, 0.717) is 38.5 Å². The Morgan fingerprint density at radius 2 is 1.54 bits per heavy atom. The molecule has 0 aromatic carbocycles. The highest BCUT2D eigenvalue weighted by Crippen LogP contribution is 2.28. The lowest BCUT2D eigenvalue weighted by atomic mass is 10.0. The second kappa shape index (κ2) is 8.25. The Balaban J connectivity index is 1.47. The van der Waals surface area contributed by atoms with Gasteiger partial charge in [0.15, 0.2) is 5.69 Å². The number of hydrogen-bond acceptors (Lipinski definition) is 5. The van der Waals surface area contributed by atoms with Crippen molar-refractivity contribution in [3.8, 4) is 0 Å². The lowest BCUT2D eigenvalue weighted by Gasteiger charge is -2.34. The van der Waals surface area contributed by atoms with Crippen molar-refractivity contribution in [2.75, 3.05) is 26.2 Å². The zero-order chi connectivity index (χ0) is 18.5. The summed E-state index contributed by atoms with van der Waals surface area (Å²) in [5.41, 5.74) is -0.0739. The maximum atomic E-state index is 12.4. The fraction of sp³-hybridized carbons (Fsp3) is 0.611. The summed E-state index contributed by atoms with van der Waals surface area (Å²) in [6.07, 6.45) is 8.91. The maximum absolute atomic E-state index is 12.4. The lowest BCUT2D eigenvalue weighted by Crippen LogP contribution is -2.50. The van der Waals surface area contributed by atoms with Crippen molar-refractivity contribution >= 4 is 17.8 Å². The molecule has 0 spiro atoms. The molecule has 2 amide bonds. The van der Waals surface area contributed by atoms with Crippen LogP contribution in [0, 0.1) is 5.92 Å². The summed E-state index contributed by atoms with van der Waals surface area (Å²) in [5.74, 6) is -0.586. The van der Waals surface area contributed by atoms with E-state index in [4.69, 9.17) is 5.11 Å². The minimum Gasteiger partial charge on any atom is -0.476 e. The van der Waals surface area contributed by atoms with Gasteiger partial charge in [-0.05, 0) is 12.3 Å². The summed E-state index contributed by atoms with van der Waals surface area (Å²) in [4.78, 5) is 46.6. The lowest BCUT2D eigenvalue weighted by molar-refractivity contribution is -0.133. The fourth-order valence-corrected chi connectivity index (χ4v) is 3.65. The molecular formula is C18H24N4O4. The number of piperazine rings is 1. The van der Waals surface area contributed by atoms with Crippen molar-refractivity contribution in [2.24, 2.45) is 5.92 Å². The van der Waals surface area contributed by atoms with Crippen molar-refractivity contribution in [2.45, 2.75) is 38.5 Å². The van der Waals surface area contributed by atoms with E-state index in [1.165, 1.54) is 31.9 Å². The van der Waals surface area contributed by atoms with Crippen LogP contribution < -0.4 is 0 Å². The van der Waals surface area contributed by atoms with Crippen molar-refractivity contribution in [3.63, 3.8) is 0 Å². The molecule has 8 heteroatoms. The summed E-state index contributed by atoms with van der Waals surface area (Å²) in [6.45, 7) is 1.96. The molecule has 1 aliphatic carbocycles. The van der Waals surface area contributed by atoms with Crippen LogP contribution in [0.2, 0.25) is 0 Å². The predicted octanol–water partition coefficient (Wildman–Crippen LogP) is 1.43. The average Bonchev–Trinajstić information content (AvgIpc) is 3.19. The van der Waals surface area contributed by atoms with Crippen LogP contribution >= 0.6 is 0 Å². The van der Waals surface area contributed by atoms with Gasteiger partial charge >= 0.3 is 5.97 Å². The summed E-state index contributed by atoms with van der Waals surface area (Å²) < 4.78 is 0. The quantitative estimate of drug-likeness (QED) is 0.852. The molecule has 2 heterocycles. The van der Waals surface area contributed by atoms with Crippen LogP contribution in [0.15, 0.2) is 12.4 Å². The van der Waals surface area contributed by atoms with E-state index < -0.39 is 5.97 Å². The Morgan fingerprint density at radius 3 is 2.12 bits per heavy atom. The number of hydrogen-bond donors (Lipinski definition) is 1.